The van der Waals surface area contributed by atoms with Crippen molar-refractivity contribution in [1.29, 1.82) is 5.26 Å². The highest BCUT2D eigenvalue weighted by Crippen LogP contribution is 2.14. The van der Waals surface area contributed by atoms with E-state index in [0.717, 1.165) is 13.1 Å². The quantitative estimate of drug-likeness (QED) is 0.750. The Kier molecular flexibility index (Phi) is 4.04. The molecule has 0 amide bonds. The first-order valence-electron chi connectivity index (χ1n) is 5.15. The first-order valence-corrected chi connectivity index (χ1v) is 5.15. The molecule has 0 unspecified atom stereocenters. The molecule has 1 aromatic heterocycles. The predicted molar refractivity (Wildman–Crippen MR) is 59.5 cm³/mol. The van der Waals surface area contributed by atoms with Crippen molar-refractivity contribution in [3.63, 3.8) is 0 Å². The summed E-state index contributed by atoms with van der Waals surface area (Å²) in [5.41, 5.74) is 0.403. The molecule has 0 aromatic carbocycles. The fourth-order valence-electron chi connectivity index (χ4n) is 1.45. The van der Waals surface area contributed by atoms with Crippen LogP contribution in [0.15, 0.2) is 12.4 Å². The van der Waals surface area contributed by atoms with Crippen molar-refractivity contribution >= 4 is 5.82 Å². The minimum absolute atomic E-state index is 0.403. The third-order valence-corrected chi connectivity index (χ3v) is 2.05. The lowest BCUT2D eigenvalue weighted by molar-refractivity contribution is 0.613. The van der Waals surface area contributed by atoms with Crippen LogP contribution >= 0.6 is 0 Å². The van der Waals surface area contributed by atoms with E-state index in [2.05, 4.69) is 41.7 Å². The van der Waals surface area contributed by atoms with Crippen molar-refractivity contribution in [3.05, 3.63) is 18.1 Å². The van der Waals surface area contributed by atoms with Gasteiger partial charge in [-0.25, -0.2) is 9.97 Å². The van der Waals surface area contributed by atoms with Gasteiger partial charge in [-0.3, -0.25) is 0 Å². The molecular weight excluding hydrogens is 188 g/mol. The molecule has 0 saturated carbocycles. The van der Waals surface area contributed by atoms with E-state index < -0.39 is 0 Å². The molecule has 0 radical (unpaired) electrons. The van der Waals surface area contributed by atoms with Gasteiger partial charge in [0.1, 0.15) is 6.07 Å². The van der Waals surface area contributed by atoms with Gasteiger partial charge in [0.25, 0.3) is 0 Å². The van der Waals surface area contributed by atoms with E-state index in [1.54, 1.807) is 12.4 Å². The molecule has 15 heavy (non-hydrogen) atoms. The lowest BCUT2D eigenvalue weighted by Gasteiger charge is -2.23. The van der Waals surface area contributed by atoms with E-state index >= 15 is 0 Å². The van der Waals surface area contributed by atoms with E-state index in [1.165, 1.54) is 0 Å². The summed E-state index contributed by atoms with van der Waals surface area (Å²) in [6.45, 7) is 8.07. The molecule has 0 atom stereocenters. The van der Waals surface area contributed by atoms with Crippen molar-refractivity contribution in [2.75, 3.05) is 18.0 Å². The monoisotopic (exact) mass is 204 g/mol. The van der Waals surface area contributed by atoms with Gasteiger partial charge in [-0.15, -0.1) is 0 Å². The summed E-state index contributed by atoms with van der Waals surface area (Å²) in [7, 11) is 0. The molecule has 0 spiro atoms. The Morgan fingerprint density at radius 2 is 2.07 bits per heavy atom. The molecule has 0 aliphatic carbocycles. The lowest BCUT2D eigenvalue weighted by atomic mass is 10.2. The van der Waals surface area contributed by atoms with Gasteiger partial charge < -0.3 is 4.90 Å². The van der Waals surface area contributed by atoms with Crippen LogP contribution in [-0.4, -0.2) is 23.1 Å². The number of nitriles is 1. The predicted octanol–water partition coefficient (Wildman–Crippen LogP) is 1.83. The third-order valence-electron chi connectivity index (χ3n) is 2.05. The number of aromatic nitrogens is 2. The van der Waals surface area contributed by atoms with Crippen LogP contribution < -0.4 is 4.90 Å². The van der Waals surface area contributed by atoms with Crippen LogP contribution in [0.3, 0.4) is 0 Å². The molecule has 1 rings (SSSR count). The average Bonchev–Trinajstić information content (AvgIpc) is 2.25. The maximum absolute atomic E-state index is 8.92. The van der Waals surface area contributed by atoms with Crippen LogP contribution in [0.1, 0.15) is 26.5 Å². The SMILES string of the molecule is CCN(CC(C)C)c1nccnc1C#N. The van der Waals surface area contributed by atoms with E-state index in [0.29, 0.717) is 17.4 Å². The summed E-state index contributed by atoms with van der Waals surface area (Å²) < 4.78 is 0. The van der Waals surface area contributed by atoms with Crippen molar-refractivity contribution in [2.45, 2.75) is 20.8 Å². The molecular formula is C11H16N4. The number of rotatable bonds is 4. The molecule has 0 aliphatic heterocycles. The first kappa shape index (κ1) is 11.4. The fraction of sp³-hybridized carbons (Fsp3) is 0.545. The van der Waals surface area contributed by atoms with Crippen LogP contribution in [0, 0.1) is 17.2 Å². The topological polar surface area (TPSA) is 52.8 Å². The Bertz CT molecular complexity index is 354. The second kappa shape index (κ2) is 5.30. The standard InChI is InChI=1S/C11H16N4/c1-4-15(8-9(2)3)11-10(7-12)13-5-6-14-11/h5-6,9H,4,8H2,1-3H3. The molecule has 0 bridgehead atoms. The average molecular weight is 204 g/mol. The third kappa shape index (κ3) is 2.91. The molecule has 0 N–H and O–H groups in total. The Hall–Kier alpha value is -1.63. The minimum atomic E-state index is 0.403. The Morgan fingerprint density at radius 3 is 2.60 bits per heavy atom. The van der Waals surface area contributed by atoms with Crippen molar-refractivity contribution in [1.82, 2.24) is 9.97 Å². The van der Waals surface area contributed by atoms with E-state index in [4.69, 9.17) is 5.26 Å². The maximum atomic E-state index is 8.92. The second-order valence-corrected chi connectivity index (χ2v) is 3.77. The first-order chi connectivity index (χ1) is 7.19. The molecule has 0 fully saturated rings. The number of anilines is 1. The number of hydrogen-bond acceptors (Lipinski definition) is 4. The van der Waals surface area contributed by atoms with Crippen molar-refractivity contribution in [2.24, 2.45) is 5.92 Å². The van der Waals surface area contributed by atoms with Crippen LogP contribution in [0.5, 0.6) is 0 Å². The lowest BCUT2D eigenvalue weighted by Crippen LogP contribution is -2.29. The molecule has 80 valence electrons. The van der Waals surface area contributed by atoms with Crippen LogP contribution in [0.25, 0.3) is 0 Å². The number of hydrogen-bond donors (Lipinski definition) is 0. The van der Waals surface area contributed by atoms with Crippen LogP contribution in [0.2, 0.25) is 0 Å². The summed E-state index contributed by atoms with van der Waals surface area (Å²) >= 11 is 0. The largest absolute Gasteiger partial charge is 0.354 e. The van der Waals surface area contributed by atoms with E-state index in [1.807, 2.05) is 0 Å². The van der Waals surface area contributed by atoms with Gasteiger partial charge in [0.2, 0.25) is 0 Å². The smallest absolute Gasteiger partial charge is 0.183 e. The van der Waals surface area contributed by atoms with E-state index in [-0.39, 0.29) is 0 Å². The summed E-state index contributed by atoms with van der Waals surface area (Å²) in [5, 5.41) is 8.92. The summed E-state index contributed by atoms with van der Waals surface area (Å²) in [6, 6.07) is 2.07. The Labute approximate surface area is 90.6 Å². The van der Waals surface area contributed by atoms with Crippen molar-refractivity contribution in [3.8, 4) is 6.07 Å². The maximum Gasteiger partial charge on any atom is 0.183 e. The van der Waals surface area contributed by atoms with Gasteiger partial charge in [0.15, 0.2) is 11.5 Å². The molecule has 1 heterocycles. The summed E-state index contributed by atoms with van der Waals surface area (Å²) in [5.74, 6) is 1.23. The van der Waals surface area contributed by atoms with Gasteiger partial charge in [0, 0.05) is 25.5 Å². The Balaban J connectivity index is 2.96. The van der Waals surface area contributed by atoms with Crippen molar-refractivity contribution < 1.29 is 0 Å². The minimum Gasteiger partial charge on any atom is -0.354 e. The fourth-order valence-corrected chi connectivity index (χ4v) is 1.45. The molecule has 4 heteroatoms. The van der Waals surface area contributed by atoms with Gasteiger partial charge in [0.05, 0.1) is 0 Å². The normalized spacial score (nSPS) is 10.1. The molecule has 1 aromatic rings. The zero-order valence-electron chi connectivity index (χ0n) is 9.44. The van der Waals surface area contributed by atoms with Gasteiger partial charge in [-0.1, -0.05) is 13.8 Å². The Morgan fingerprint density at radius 1 is 1.40 bits per heavy atom. The highest BCUT2D eigenvalue weighted by atomic mass is 15.2. The molecule has 4 nitrogen and oxygen atoms in total. The van der Waals surface area contributed by atoms with Crippen LogP contribution in [-0.2, 0) is 0 Å². The highest BCUT2D eigenvalue weighted by Gasteiger charge is 2.12. The second-order valence-electron chi connectivity index (χ2n) is 3.77. The summed E-state index contributed by atoms with van der Waals surface area (Å²) in [4.78, 5) is 10.3. The highest BCUT2D eigenvalue weighted by molar-refractivity contribution is 5.49. The van der Waals surface area contributed by atoms with Gasteiger partial charge >= 0.3 is 0 Å². The van der Waals surface area contributed by atoms with Gasteiger partial charge in [-0.05, 0) is 12.8 Å². The zero-order chi connectivity index (χ0) is 11.3. The molecule has 0 saturated heterocycles. The number of nitrogens with zero attached hydrogens (tertiary/aromatic N) is 4. The van der Waals surface area contributed by atoms with Crippen LogP contribution in [0.4, 0.5) is 5.82 Å². The van der Waals surface area contributed by atoms with Gasteiger partial charge in [-0.2, -0.15) is 5.26 Å². The van der Waals surface area contributed by atoms with E-state index in [9.17, 15) is 0 Å². The molecule has 0 aliphatic rings. The zero-order valence-corrected chi connectivity index (χ0v) is 9.44. The summed E-state index contributed by atoms with van der Waals surface area (Å²) in [6.07, 6.45) is 3.17.